The van der Waals surface area contributed by atoms with E-state index in [0.717, 1.165) is 34.5 Å². The zero-order chi connectivity index (χ0) is 39.3. The SMILES string of the molecule is Cc1ccc(S(=O)(=O)OCCCCCCOc2cc(-c3scnc3C)ccc2CNC(=O)[C@@H]2C[C@@H](O)CN2C(=O)[C@@H](NC(=O)C2(F)CC2)C(C)(C)C)cc1. The van der Waals surface area contributed by atoms with Gasteiger partial charge in [0, 0.05) is 25.1 Å². The van der Waals surface area contributed by atoms with E-state index >= 15 is 0 Å². The molecule has 3 aromatic rings. The fourth-order valence-electron chi connectivity index (χ4n) is 6.25. The van der Waals surface area contributed by atoms with E-state index in [0.29, 0.717) is 30.8 Å². The molecule has 0 radical (unpaired) electrons. The monoisotopic (exact) mass is 786 g/mol. The van der Waals surface area contributed by atoms with Crippen LogP contribution in [0.3, 0.4) is 0 Å². The van der Waals surface area contributed by atoms with Crippen LogP contribution in [0.15, 0.2) is 52.9 Å². The van der Waals surface area contributed by atoms with E-state index < -0.39 is 57.1 Å². The van der Waals surface area contributed by atoms with E-state index in [4.69, 9.17) is 8.92 Å². The van der Waals surface area contributed by atoms with E-state index in [9.17, 15) is 32.3 Å². The Labute approximate surface area is 321 Å². The molecule has 1 saturated heterocycles. The average molecular weight is 787 g/mol. The van der Waals surface area contributed by atoms with Gasteiger partial charge >= 0.3 is 0 Å². The molecule has 0 bridgehead atoms. The van der Waals surface area contributed by atoms with Crippen molar-refractivity contribution < 1.29 is 41.2 Å². The summed E-state index contributed by atoms with van der Waals surface area (Å²) in [5, 5.41) is 16.0. The lowest BCUT2D eigenvalue weighted by atomic mass is 9.85. The number of likely N-dealkylation sites (tertiary alicyclic amines) is 1. The zero-order valence-electron chi connectivity index (χ0n) is 31.5. The molecular formula is C39H51FN4O8S2. The Balaban J connectivity index is 1.18. The number of halogens is 1. The fraction of sp³-hybridized carbons (Fsp3) is 0.538. The third kappa shape index (κ3) is 10.4. The number of nitrogens with one attached hydrogen (secondary N) is 2. The first-order chi connectivity index (χ1) is 25.5. The van der Waals surface area contributed by atoms with Crippen LogP contribution < -0.4 is 15.4 Å². The summed E-state index contributed by atoms with van der Waals surface area (Å²) in [6, 6.07) is 10.2. The highest BCUT2D eigenvalue weighted by molar-refractivity contribution is 7.86. The summed E-state index contributed by atoms with van der Waals surface area (Å²) in [5.74, 6) is -1.28. The van der Waals surface area contributed by atoms with Gasteiger partial charge in [-0.25, -0.2) is 9.37 Å². The average Bonchev–Trinajstić information content (AvgIpc) is 3.52. The van der Waals surface area contributed by atoms with E-state index in [1.54, 1.807) is 38.4 Å². The van der Waals surface area contributed by atoms with Crippen molar-refractivity contribution in [2.75, 3.05) is 19.8 Å². The number of amides is 3. The second-order valence-corrected chi connectivity index (χ2v) is 17.8. The molecule has 1 aliphatic carbocycles. The third-order valence-corrected chi connectivity index (χ3v) is 12.0. The van der Waals surface area contributed by atoms with Gasteiger partial charge in [-0.1, -0.05) is 57.0 Å². The number of unbranched alkanes of at least 4 members (excludes halogenated alkanes) is 3. The Bertz CT molecular complexity index is 1910. The number of alkyl halides is 1. The number of aliphatic hydroxyl groups excluding tert-OH is 1. The van der Waals surface area contributed by atoms with Gasteiger partial charge in [-0.15, -0.1) is 11.3 Å². The minimum atomic E-state index is -3.80. The predicted octanol–water partition coefficient (Wildman–Crippen LogP) is 5.38. The van der Waals surface area contributed by atoms with Crippen molar-refractivity contribution in [2.45, 2.75) is 115 Å². The Hall–Kier alpha value is -3.92. The summed E-state index contributed by atoms with van der Waals surface area (Å²) >= 11 is 1.51. The lowest BCUT2D eigenvalue weighted by Gasteiger charge is -2.35. The zero-order valence-corrected chi connectivity index (χ0v) is 33.2. The minimum absolute atomic E-state index is 0.0192. The maximum Gasteiger partial charge on any atom is 0.296 e. The molecule has 1 aromatic heterocycles. The molecule has 12 nitrogen and oxygen atoms in total. The summed E-state index contributed by atoms with van der Waals surface area (Å²) in [6.45, 7) is 9.53. The second kappa shape index (κ2) is 17.3. The largest absolute Gasteiger partial charge is 0.493 e. The van der Waals surface area contributed by atoms with E-state index in [2.05, 4.69) is 15.6 Å². The summed E-state index contributed by atoms with van der Waals surface area (Å²) in [7, 11) is -3.80. The number of aromatic nitrogens is 1. The normalized spacial score (nSPS) is 18.6. The number of nitrogens with zero attached hydrogens (tertiary/aromatic N) is 2. The van der Waals surface area contributed by atoms with Crippen molar-refractivity contribution in [2.24, 2.45) is 5.41 Å². The van der Waals surface area contributed by atoms with Gasteiger partial charge in [-0.2, -0.15) is 8.42 Å². The maximum absolute atomic E-state index is 14.5. The molecule has 0 unspecified atom stereocenters. The summed E-state index contributed by atoms with van der Waals surface area (Å²) < 4.78 is 50.9. The van der Waals surface area contributed by atoms with E-state index in [1.807, 2.05) is 32.0 Å². The minimum Gasteiger partial charge on any atom is -0.493 e. The molecule has 1 saturated carbocycles. The lowest BCUT2D eigenvalue weighted by Crippen LogP contribution is -2.59. The first kappa shape index (κ1) is 41.2. The summed E-state index contributed by atoms with van der Waals surface area (Å²) in [5.41, 5.74) is 2.48. The highest BCUT2D eigenvalue weighted by atomic mass is 32.2. The number of aryl methyl sites for hydroxylation is 2. The van der Waals surface area contributed by atoms with Crippen LogP contribution in [0.5, 0.6) is 5.75 Å². The molecule has 0 spiro atoms. The predicted molar refractivity (Wildman–Crippen MR) is 203 cm³/mol. The van der Waals surface area contributed by atoms with Crippen LogP contribution in [0.1, 0.15) is 82.5 Å². The Morgan fingerprint density at radius 2 is 1.74 bits per heavy atom. The van der Waals surface area contributed by atoms with Crippen LogP contribution in [-0.4, -0.2) is 84.7 Å². The first-order valence-corrected chi connectivity index (χ1v) is 20.7. The van der Waals surface area contributed by atoms with Crippen molar-refractivity contribution in [1.29, 1.82) is 0 Å². The Kier molecular flexibility index (Phi) is 13.2. The Morgan fingerprint density at radius 3 is 2.37 bits per heavy atom. The fourth-order valence-corrected chi connectivity index (χ4v) is 8.00. The second-order valence-electron chi connectivity index (χ2n) is 15.3. The standard InChI is InChI=1S/C39H51FN4O8S2/c1-25-10-14-30(15-11-25)54(49,50)52-19-9-7-6-8-18-51-32-20-27(33-26(2)42-24-53-33)12-13-28(32)22-41-35(46)31-21-29(45)23-44(31)36(47)34(38(3,4)5)43-37(48)39(40)16-17-39/h10-15,20,24,29,31,34,45H,6-9,16-19,21-23H2,1-5H3,(H,41,46)(H,43,48)/t29-,31+,34-/m1/s1. The van der Waals surface area contributed by atoms with Gasteiger partial charge in [-0.3, -0.25) is 18.6 Å². The Morgan fingerprint density at radius 1 is 1.06 bits per heavy atom. The number of β-amino-alcohol motifs (C(OH)–C–C–N with tert-alkyl or cyclic N) is 1. The van der Waals surface area contributed by atoms with E-state index in [-0.39, 0.29) is 43.9 Å². The quantitative estimate of drug-likeness (QED) is 0.120. The van der Waals surface area contributed by atoms with E-state index in [1.165, 1.54) is 28.4 Å². The van der Waals surface area contributed by atoms with Crippen molar-refractivity contribution in [3.63, 3.8) is 0 Å². The van der Waals surface area contributed by atoms with Gasteiger partial charge in [0.15, 0.2) is 5.67 Å². The van der Waals surface area contributed by atoms with Crippen molar-refractivity contribution >= 4 is 39.2 Å². The molecule has 3 N–H and O–H groups in total. The van der Waals surface area contributed by atoms with Crippen LogP contribution in [0.4, 0.5) is 4.39 Å². The smallest absolute Gasteiger partial charge is 0.296 e. The molecule has 2 fully saturated rings. The van der Waals surface area contributed by atoms with Crippen LogP contribution in [0.25, 0.3) is 10.4 Å². The van der Waals surface area contributed by atoms with Crippen molar-refractivity contribution in [1.82, 2.24) is 20.5 Å². The number of benzene rings is 2. The molecule has 294 valence electrons. The molecular weight excluding hydrogens is 736 g/mol. The molecule has 15 heteroatoms. The topological polar surface area (TPSA) is 164 Å². The molecule has 5 rings (SSSR count). The molecule has 1 aliphatic heterocycles. The highest BCUT2D eigenvalue weighted by Gasteiger charge is 2.53. The molecule has 2 heterocycles. The van der Waals surface area contributed by atoms with Gasteiger partial charge in [-0.05, 0) is 75.1 Å². The van der Waals surface area contributed by atoms with Gasteiger partial charge in [0.05, 0.1) is 40.3 Å². The molecule has 3 atom stereocenters. The van der Waals surface area contributed by atoms with Crippen molar-refractivity contribution in [3.8, 4) is 16.2 Å². The van der Waals surface area contributed by atoms with Crippen LogP contribution in [0, 0.1) is 19.3 Å². The molecule has 2 aliphatic rings. The molecule has 54 heavy (non-hydrogen) atoms. The van der Waals surface area contributed by atoms with Gasteiger partial charge in [0.2, 0.25) is 11.8 Å². The number of thiazole rings is 1. The molecule has 3 amide bonds. The van der Waals surface area contributed by atoms with Gasteiger partial charge in [0.25, 0.3) is 16.0 Å². The number of rotatable bonds is 17. The van der Waals surface area contributed by atoms with Crippen LogP contribution >= 0.6 is 11.3 Å². The highest BCUT2D eigenvalue weighted by Crippen LogP contribution is 2.40. The van der Waals surface area contributed by atoms with Crippen LogP contribution in [0.2, 0.25) is 0 Å². The van der Waals surface area contributed by atoms with Gasteiger partial charge in [0.1, 0.15) is 17.8 Å². The maximum atomic E-state index is 14.5. The number of hydrogen-bond acceptors (Lipinski definition) is 10. The number of carbonyl (C=O) groups excluding carboxylic acids is 3. The molecule has 2 aromatic carbocycles. The lowest BCUT2D eigenvalue weighted by molar-refractivity contribution is -0.145. The van der Waals surface area contributed by atoms with Crippen LogP contribution in [-0.2, 0) is 35.2 Å². The van der Waals surface area contributed by atoms with Crippen molar-refractivity contribution in [3.05, 3.63) is 64.8 Å². The third-order valence-electron chi connectivity index (χ3n) is 9.72. The number of hydrogen-bond donors (Lipinski definition) is 3. The number of aliphatic hydroxyl groups is 1. The summed E-state index contributed by atoms with van der Waals surface area (Å²) in [6.07, 6.45) is 2.08. The first-order valence-electron chi connectivity index (χ1n) is 18.4. The number of carbonyl (C=O) groups is 3. The summed E-state index contributed by atoms with van der Waals surface area (Å²) in [4.78, 5) is 46.8. The van der Waals surface area contributed by atoms with Gasteiger partial charge < -0.3 is 25.4 Å². The number of ether oxygens (including phenoxy) is 1.